The van der Waals surface area contributed by atoms with Crippen LogP contribution in [0.25, 0.3) is 0 Å². The number of hydrogen-bond donors (Lipinski definition) is 3. The first kappa shape index (κ1) is 29.4. The maximum atomic E-state index is 14.6. The van der Waals surface area contributed by atoms with Crippen molar-refractivity contribution in [3.63, 3.8) is 0 Å². The van der Waals surface area contributed by atoms with Crippen molar-refractivity contribution in [2.45, 2.75) is 19.1 Å². The van der Waals surface area contributed by atoms with E-state index in [4.69, 9.17) is 28.8 Å². The zero-order valence-corrected chi connectivity index (χ0v) is 25.5. The second-order valence-corrected chi connectivity index (χ2v) is 11.3. The highest BCUT2D eigenvalue weighted by molar-refractivity contribution is 6.10. The number of ether oxygens (including phenoxy) is 5. The van der Waals surface area contributed by atoms with Crippen LogP contribution in [0, 0.1) is 11.8 Å². The number of methoxy groups -OCH3 is 3. The first-order valence-electron chi connectivity index (χ1n) is 14.7. The number of rotatable bonds is 9. The van der Waals surface area contributed by atoms with Gasteiger partial charge in [0.05, 0.1) is 52.4 Å². The fraction of sp³-hybridized carbons (Fsp3) is 0.294. The van der Waals surface area contributed by atoms with Crippen molar-refractivity contribution in [2.75, 3.05) is 39.7 Å². The Balaban J connectivity index is 1.43. The van der Waals surface area contributed by atoms with E-state index in [9.17, 15) is 20.1 Å². The number of aromatic hydroxyl groups is 2. The highest BCUT2D eigenvalue weighted by Crippen LogP contribution is 2.52. The third kappa shape index (κ3) is 4.72. The molecule has 0 saturated carbocycles. The minimum atomic E-state index is -0.722. The van der Waals surface area contributed by atoms with E-state index in [-0.39, 0.29) is 37.5 Å². The van der Waals surface area contributed by atoms with Crippen molar-refractivity contribution >= 4 is 17.2 Å². The summed E-state index contributed by atoms with van der Waals surface area (Å²) in [5.41, 5.74) is 4.34. The highest BCUT2D eigenvalue weighted by Gasteiger charge is 2.49. The smallest absolute Gasteiger partial charge is 0.231 e. The van der Waals surface area contributed by atoms with E-state index in [1.807, 2.05) is 53.5 Å². The molecule has 7 rings (SSSR count). The van der Waals surface area contributed by atoms with Crippen LogP contribution in [0.4, 0.5) is 5.69 Å². The van der Waals surface area contributed by atoms with E-state index in [1.54, 1.807) is 7.11 Å². The molecule has 3 aromatic carbocycles. The van der Waals surface area contributed by atoms with Crippen LogP contribution in [0.3, 0.4) is 0 Å². The van der Waals surface area contributed by atoms with E-state index in [2.05, 4.69) is 0 Å². The lowest BCUT2D eigenvalue weighted by molar-refractivity contribution is -0.125. The van der Waals surface area contributed by atoms with Crippen molar-refractivity contribution < 1.29 is 43.8 Å². The molecule has 0 bridgehead atoms. The molecule has 3 heterocycles. The van der Waals surface area contributed by atoms with Gasteiger partial charge in [0.15, 0.2) is 40.5 Å². The van der Waals surface area contributed by atoms with Gasteiger partial charge in [-0.2, -0.15) is 5.10 Å². The minimum Gasteiger partial charge on any atom is -0.497 e. The molecule has 0 fully saturated rings. The Bertz CT molecular complexity index is 1800. The summed E-state index contributed by atoms with van der Waals surface area (Å²) in [7, 11) is 4.63. The topological polar surface area (TPSA) is 144 Å². The van der Waals surface area contributed by atoms with Gasteiger partial charge in [-0.15, -0.1) is 0 Å². The Kier molecular flexibility index (Phi) is 7.36. The number of aliphatic hydroxyl groups is 1. The minimum absolute atomic E-state index is 0.0658. The fourth-order valence-corrected chi connectivity index (χ4v) is 6.87. The molecule has 1 aromatic heterocycles. The summed E-state index contributed by atoms with van der Waals surface area (Å²) in [6.45, 7) is -0.153. The summed E-state index contributed by atoms with van der Waals surface area (Å²) in [5.74, 6) is 0.258. The van der Waals surface area contributed by atoms with Gasteiger partial charge in [-0.25, -0.2) is 0 Å². The van der Waals surface area contributed by atoms with Crippen molar-refractivity contribution in [1.29, 1.82) is 0 Å². The average Bonchev–Trinajstić information content (AvgIpc) is 3.81. The van der Waals surface area contributed by atoms with Gasteiger partial charge in [-0.05, 0) is 59.7 Å². The summed E-state index contributed by atoms with van der Waals surface area (Å²) in [6, 6.07) is 17.6. The average molecular weight is 628 g/mol. The van der Waals surface area contributed by atoms with Gasteiger partial charge >= 0.3 is 0 Å². The number of anilines is 1. The lowest BCUT2D eigenvalue weighted by Crippen LogP contribution is -2.42. The number of aromatic nitrogens is 1. The predicted octanol–water partition coefficient (Wildman–Crippen LogP) is 4.02. The number of hydrazone groups is 1. The van der Waals surface area contributed by atoms with Crippen LogP contribution >= 0.6 is 0 Å². The van der Waals surface area contributed by atoms with Crippen LogP contribution in [-0.4, -0.2) is 66.0 Å². The van der Waals surface area contributed by atoms with Crippen LogP contribution in [0.15, 0.2) is 65.8 Å². The standard InChI is InChI=1S/C34H33N3O9/c1-42-21-6-4-20(5-7-21)37-14-24-32(25(39)15-36-29(40)8-9-30(36)41)31(18-10-19(16-38)34(44-3)28(11-18)43-2)22-12-26-27(46-17-45-26)13-23(22)33(24)35-37/h4-13,24,31-32,38,40-41H,14-17H2,1-3H3/t24-,31+,32+/m0/s1. The zero-order valence-electron chi connectivity index (χ0n) is 25.5. The van der Waals surface area contributed by atoms with Crippen molar-refractivity contribution in [3.8, 4) is 40.5 Å². The second-order valence-electron chi connectivity index (χ2n) is 11.3. The molecule has 12 heteroatoms. The Morgan fingerprint density at radius 3 is 2.30 bits per heavy atom. The van der Waals surface area contributed by atoms with Gasteiger partial charge in [0.1, 0.15) is 5.75 Å². The Morgan fingerprint density at radius 1 is 0.935 bits per heavy atom. The molecule has 3 N–H and O–H groups in total. The molecule has 12 nitrogen and oxygen atoms in total. The largest absolute Gasteiger partial charge is 0.497 e. The molecule has 2 aliphatic heterocycles. The second kappa shape index (κ2) is 11.5. The number of nitrogens with zero attached hydrogens (tertiary/aromatic N) is 3. The van der Waals surface area contributed by atoms with E-state index in [0.717, 1.165) is 16.8 Å². The maximum Gasteiger partial charge on any atom is 0.231 e. The number of hydrogen-bond acceptors (Lipinski definition) is 11. The third-order valence-electron chi connectivity index (χ3n) is 9.00. The molecular weight excluding hydrogens is 594 g/mol. The van der Waals surface area contributed by atoms with Crippen LogP contribution in [0.2, 0.25) is 0 Å². The van der Waals surface area contributed by atoms with Gasteiger partial charge < -0.3 is 39.0 Å². The summed E-state index contributed by atoms with van der Waals surface area (Å²) < 4.78 is 29.3. The number of ketones is 1. The lowest BCUT2D eigenvalue weighted by atomic mass is 9.64. The molecule has 238 valence electrons. The number of carbonyl (C=O) groups excluding carboxylic acids is 1. The van der Waals surface area contributed by atoms with E-state index < -0.39 is 17.8 Å². The van der Waals surface area contributed by atoms with Crippen molar-refractivity contribution in [1.82, 2.24) is 4.57 Å². The number of benzene rings is 3. The number of Topliss-reactive ketones (excluding diaryl/α,β-unsaturated/α-hetero) is 1. The van der Waals surface area contributed by atoms with Gasteiger partial charge in [0.25, 0.3) is 0 Å². The van der Waals surface area contributed by atoms with Gasteiger partial charge in [0, 0.05) is 41.0 Å². The quantitative estimate of drug-likeness (QED) is 0.249. The Morgan fingerprint density at radius 2 is 1.65 bits per heavy atom. The number of carbonyl (C=O) groups is 1. The molecule has 0 unspecified atom stereocenters. The van der Waals surface area contributed by atoms with Crippen LogP contribution in [-0.2, 0) is 17.9 Å². The third-order valence-corrected chi connectivity index (χ3v) is 9.00. The summed E-state index contributed by atoms with van der Waals surface area (Å²) >= 11 is 0. The first-order chi connectivity index (χ1) is 22.3. The molecule has 0 radical (unpaired) electrons. The highest BCUT2D eigenvalue weighted by atomic mass is 16.7. The van der Waals surface area contributed by atoms with Gasteiger partial charge in [-0.3, -0.25) is 14.4 Å². The van der Waals surface area contributed by atoms with Crippen LogP contribution in [0.1, 0.15) is 28.2 Å². The molecular formula is C34H33N3O9. The fourth-order valence-electron chi connectivity index (χ4n) is 6.87. The lowest BCUT2D eigenvalue weighted by Gasteiger charge is -2.38. The van der Waals surface area contributed by atoms with Crippen molar-refractivity contribution in [2.24, 2.45) is 16.9 Å². The molecule has 0 spiro atoms. The molecule has 3 aliphatic rings. The molecule has 4 aromatic rings. The molecule has 46 heavy (non-hydrogen) atoms. The van der Waals surface area contributed by atoms with Gasteiger partial charge in [0.2, 0.25) is 6.79 Å². The summed E-state index contributed by atoms with van der Waals surface area (Å²) in [4.78, 5) is 14.6. The maximum absolute atomic E-state index is 14.6. The van der Waals surface area contributed by atoms with Crippen LogP contribution in [0.5, 0.6) is 40.5 Å². The van der Waals surface area contributed by atoms with Crippen molar-refractivity contribution in [3.05, 3.63) is 82.9 Å². The monoisotopic (exact) mass is 627 g/mol. The summed E-state index contributed by atoms with van der Waals surface area (Å²) in [6.07, 6.45) is 0. The van der Waals surface area contributed by atoms with Gasteiger partial charge in [-0.1, -0.05) is 0 Å². The molecule has 0 amide bonds. The van der Waals surface area contributed by atoms with E-state index >= 15 is 0 Å². The summed E-state index contributed by atoms with van der Waals surface area (Å²) in [5, 5.41) is 38.2. The first-order valence-corrected chi connectivity index (χ1v) is 14.7. The Hall–Kier alpha value is -5.36. The Labute approximate surface area is 264 Å². The van der Waals surface area contributed by atoms with E-state index in [0.29, 0.717) is 52.1 Å². The molecule has 3 atom stereocenters. The molecule has 0 saturated heterocycles. The SMILES string of the molecule is COc1ccc(N2C[C@@H]3C(=N2)c2cc4c(cc2[C@@H](c2cc(CO)c(OC)c(OC)c2)[C@H]3C(=O)Cn2c(O)ccc2O)OCO4)cc1. The van der Waals surface area contributed by atoms with E-state index in [1.165, 1.54) is 30.9 Å². The van der Waals surface area contributed by atoms with Crippen LogP contribution < -0.4 is 28.7 Å². The normalized spacial score (nSPS) is 19.3. The number of aliphatic hydroxyl groups excluding tert-OH is 1. The number of fused-ring (bicyclic) bond motifs is 4. The zero-order chi connectivity index (χ0) is 32.1. The predicted molar refractivity (Wildman–Crippen MR) is 167 cm³/mol. The molecule has 1 aliphatic carbocycles.